The largest absolute Gasteiger partial charge is 0.497 e. The highest BCUT2D eigenvalue weighted by Crippen LogP contribution is 2.45. The van der Waals surface area contributed by atoms with Crippen molar-refractivity contribution in [3.8, 4) is 11.5 Å². The van der Waals surface area contributed by atoms with Crippen LogP contribution in [-0.4, -0.2) is 41.6 Å². The summed E-state index contributed by atoms with van der Waals surface area (Å²) in [5.74, 6) is -0.754. The molecular formula is C23H22Br2N2O5. The molecule has 9 heteroatoms. The van der Waals surface area contributed by atoms with Gasteiger partial charge < -0.3 is 14.8 Å². The van der Waals surface area contributed by atoms with Crippen LogP contribution in [0, 0.1) is 11.8 Å². The lowest BCUT2D eigenvalue weighted by atomic mass is 9.81. The summed E-state index contributed by atoms with van der Waals surface area (Å²) in [6, 6.07) is 11.7. The Balaban J connectivity index is 1.66. The number of methoxy groups -OCH3 is 2. The summed E-state index contributed by atoms with van der Waals surface area (Å²) in [6.45, 7) is 0. The highest BCUT2D eigenvalue weighted by Gasteiger charge is 2.52. The SMILES string of the molecule is COc1ccc(OC)c(NC(=O)c2ccccc2N2C(=O)[C@H]3C[C@H](Br)[C@@H](Br)C[C@H]3C2=O)c1. The topological polar surface area (TPSA) is 84.9 Å². The minimum Gasteiger partial charge on any atom is -0.497 e. The van der Waals surface area contributed by atoms with Crippen LogP contribution in [-0.2, 0) is 9.59 Å². The molecule has 1 aliphatic carbocycles. The van der Waals surface area contributed by atoms with E-state index in [0.29, 0.717) is 30.0 Å². The van der Waals surface area contributed by atoms with Crippen molar-refractivity contribution in [3.05, 3.63) is 48.0 Å². The van der Waals surface area contributed by atoms with Gasteiger partial charge in [0.25, 0.3) is 5.91 Å². The van der Waals surface area contributed by atoms with Crippen LogP contribution >= 0.6 is 31.9 Å². The van der Waals surface area contributed by atoms with E-state index in [1.54, 1.807) is 42.5 Å². The number of hydrogen-bond donors (Lipinski definition) is 1. The third-order valence-electron chi connectivity index (χ3n) is 5.96. The molecule has 1 aliphatic heterocycles. The normalized spacial score (nSPS) is 24.8. The average molecular weight is 566 g/mol. The minimum absolute atomic E-state index is 0.111. The molecule has 0 aromatic heterocycles. The first-order valence-corrected chi connectivity index (χ1v) is 12.0. The number of carbonyl (C=O) groups is 3. The molecule has 4 atom stereocenters. The van der Waals surface area contributed by atoms with Gasteiger partial charge in [0.1, 0.15) is 11.5 Å². The number of rotatable bonds is 5. The standard InChI is InChI=1S/C23H22Br2N2O5/c1-31-12-7-8-20(32-2)18(9-12)26-21(28)13-5-3-4-6-19(13)27-22(29)14-10-16(24)17(25)11-15(14)23(27)30/h3-9,14-17H,10-11H2,1-2H3,(H,26,28)/t14-,15+,16-,17-/m0/s1. The Bertz CT molecular complexity index is 1050. The summed E-state index contributed by atoms with van der Waals surface area (Å²) in [5, 5.41) is 2.81. The smallest absolute Gasteiger partial charge is 0.257 e. The Labute approximate surface area is 202 Å². The number of alkyl halides is 2. The van der Waals surface area contributed by atoms with Gasteiger partial charge in [-0.25, -0.2) is 4.90 Å². The van der Waals surface area contributed by atoms with Crippen LogP contribution in [0.1, 0.15) is 23.2 Å². The zero-order valence-electron chi connectivity index (χ0n) is 17.5. The molecule has 4 rings (SSSR count). The minimum atomic E-state index is -0.459. The van der Waals surface area contributed by atoms with E-state index in [-0.39, 0.29) is 32.7 Å². The Morgan fingerprint density at radius 1 is 0.969 bits per heavy atom. The number of para-hydroxylation sites is 1. The lowest BCUT2D eigenvalue weighted by molar-refractivity contribution is -0.122. The number of nitrogens with zero attached hydrogens (tertiary/aromatic N) is 1. The second kappa shape index (κ2) is 9.23. The summed E-state index contributed by atoms with van der Waals surface area (Å²) in [4.78, 5) is 41.1. The number of hydrogen-bond acceptors (Lipinski definition) is 5. The lowest BCUT2D eigenvalue weighted by Gasteiger charge is -2.29. The first kappa shape index (κ1) is 22.8. The molecule has 2 aromatic carbocycles. The monoisotopic (exact) mass is 564 g/mol. The van der Waals surface area contributed by atoms with Gasteiger partial charge >= 0.3 is 0 Å². The Morgan fingerprint density at radius 3 is 2.19 bits per heavy atom. The molecular weight excluding hydrogens is 544 g/mol. The van der Waals surface area contributed by atoms with Crippen LogP contribution in [0.5, 0.6) is 11.5 Å². The average Bonchev–Trinajstić information content (AvgIpc) is 3.03. The van der Waals surface area contributed by atoms with E-state index in [1.807, 2.05) is 0 Å². The zero-order chi connectivity index (χ0) is 23.0. The van der Waals surface area contributed by atoms with Crippen LogP contribution in [0.15, 0.2) is 42.5 Å². The predicted molar refractivity (Wildman–Crippen MR) is 128 cm³/mol. The molecule has 0 unspecified atom stereocenters. The van der Waals surface area contributed by atoms with E-state index in [0.717, 1.165) is 0 Å². The fourth-order valence-corrected chi connectivity index (χ4v) is 5.53. The highest BCUT2D eigenvalue weighted by molar-refractivity contribution is 9.12. The molecule has 168 valence electrons. The van der Waals surface area contributed by atoms with E-state index in [1.165, 1.54) is 19.1 Å². The van der Waals surface area contributed by atoms with Crippen molar-refractivity contribution in [2.24, 2.45) is 11.8 Å². The molecule has 3 amide bonds. The maximum atomic E-state index is 13.2. The van der Waals surface area contributed by atoms with Crippen molar-refractivity contribution in [2.75, 3.05) is 24.4 Å². The number of anilines is 2. The molecule has 0 bridgehead atoms. The van der Waals surface area contributed by atoms with Crippen LogP contribution < -0.4 is 19.7 Å². The van der Waals surface area contributed by atoms with E-state index in [2.05, 4.69) is 37.2 Å². The van der Waals surface area contributed by atoms with Crippen LogP contribution in [0.2, 0.25) is 0 Å². The molecule has 0 spiro atoms. The van der Waals surface area contributed by atoms with Gasteiger partial charge in [0.2, 0.25) is 11.8 Å². The van der Waals surface area contributed by atoms with Crippen molar-refractivity contribution < 1.29 is 23.9 Å². The van der Waals surface area contributed by atoms with Crippen molar-refractivity contribution in [1.82, 2.24) is 0 Å². The van der Waals surface area contributed by atoms with Crippen molar-refractivity contribution in [1.29, 1.82) is 0 Å². The number of halogens is 2. The van der Waals surface area contributed by atoms with Gasteiger partial charge in [-0.2, -0.15) is 0 Å². The number of benzene rings is 2. The van der Waals surface area contributed by atoms with Gasteiger partial charge in [-0.15, -0.1) is 0 Å². The molecule has 1 heterocycles. The summed E-state index contributed by atoms with van der Waals surface area (Å²) < 4.78 is 10.6. The number of nitrogens with one attached hydrogen (secondary N) is 1. The molecule has 0 radical (unpaired) electrons. The van der Waals surface area contributed by atoms with Gasteiger partial charge in [-0.1, -0.05) is 44.0 Å². The van der Waals surface area contributed by atoms with Gasteiger partial charge in [-0.3, -0.25) is 14.4 Å². The summed E-state index contributed by atoms with van der Waals surface area (Å²) in [7, 11) is 3.03. The highest BCUT2D eigenvalue weighted by atomic mass is 79.9. The number of fused-ring (bicyclic) bond motifs is 1. The number of carbonyl (C=O) groups excluding carboxylic acids is 3. The fourth-order valence-electron chi connectivity index (χ4n) is 4.29. The quantitative estimate of drug-likeness (QED) is 0.429. The van der Waals surface area contributed by atoms with Crippen molar-refractivity contribution in [2.45, 2.75) is 22.5 Å². The third kappa shape index (κ3) is 4.03. The zero-order valence-corrected chi connectivity index (χ0v) is 20.7. The number of imide groups is 1. The molecule has 1 N–H and O–H groups in total. The van der Waals surface area contributed by atoms with Crippen LogP contribution in [0.3, 0.4) is 0 Å². The molecule has 2 fully saturated rings. The Morgan fingerprint density at radius 2 is 1.59 bits per heavy atom. The van der Waals surface area contributed by atoms with Crippen LogP contribution in [0.25, 0.3) is 0 Å². The lowest BCUT2D eigenvalue weighted by Crippen LogP contribution is -2.34. The maximum Gasteiger partial charge on any atom is 0.257 e. The van der Waals surface area contributed by atoms with E-state index >= 15 is 0 Å². The van der Waals surface area contributed by atoms with Gasteiger partial charge in [-0.05, 0) is 37.1 Å². The van der Waals surface area contributed by atoms with E-state index in [4.69, 9.17) is 9.47 Å². The molecule has 2 aromatic rings. The first-order valence-electron chi connectivity index (χ1n) is 10.1. The second-order valence-corrected chi connectivity index (χ2v) is 10.1. The Hall–Kier alpha value is -2.39. The predicted octanol–water partition coefficient (Wildman–Crippen LogP) is 4.38. The fraction of sp³-hybridized carbons (Fsp3) is 0.348. The van der Waals surface area contributed by atoms with E-state index < -0.39 is 17.7 Å². The second-order valence-electron chi connectivity index (χ2n) is 7.77. The third-order valence-corrected chi connectivity index (χ3v) is 8.69. The summed E-state index contributed by atoms with van der Waals surface area (Å²) in [5.41, 5.74) is 0.931. The first-order chi connectivity index (χ1) is 15.3. The van der Waals surface area contributed by atoms with Crippen LogP contribution in [0.4, 0.5) is 11.4 Å². The maximum absolute atomic E-state index is 13.2. The van der Waals surface area contributed by atoms with Gasteiger partial charge in [0.15, 0.2) is 0 Å². The Kier molecular flexibility index (Phi) is 6.57. The molecule has 1 saturated heterocycles. The van der Waals surface area contributed by atoms with E-state index in [9.17, 15) is 14.4 Å². The molecule has 1 saturated carbocycles. The number of ether oxygens (including phenoxy) is 2. The van der Waals surface area contributed by atoms with Gasteiger partial charge in [0.05, 0.1) is 43.0 Å². The van der Waals surface area contributed by atoms with Crippen molar-refractivity contribution in [3.63, 3.8) is 0 Å². The summed E-state index contributed by atoms with van der Waals surface area (Å²) in [6.07, 6.45) is 1.13. The summed E-state index contributed by atoms with van der Waals surface area (Å²) >= 11 is 7.20. The molecule has 7 nitrogen and oxygen atoms in total. The molecule has 2 aliphatic rings. The number of amides is 3. The van der Waals surface area contributed by atoms with Gasteiger partial charge in [0, 0.05) is 15.7 Å². The van der Waals surface area contributed by atoms with Crippen molar-refractivity contribution >= 4 is 61.0 Å². The molecule has 32 heavy (non-hydrogen) atoms.